The maximum Gasteiger partial charge on any atom is 0.434 e. The zero-order valence-electron chi connectivity index (χ0n) is 13.4. The molecular weight excluding hydrogens is 355 g/mol. The van der Waals surface area contributed by atoms with Crippen LogP contribution in [-0.2, 0) is 6.18 Å². The number of rotatable bonds is 3. The summed E-state index contributed by atoms with van der Waals surface area (Å²) in [6.07, 6.45) is -2.80. The maximum absolute atomic E-state index is 12.7. The Morgan fingerprint density at radius 1 is 1.40 bits per heavy atom. The van der Waals surface area contributed by atoms with Gasteiger partial charge in [0.05, 0.1) is 9.93 Å². The fourth-order valence-corrected chi connectivity index (χ4v) is 4.07. The number of anilines is 1. The predicted molar refractivity (Wildman–Crippen MR) is 89.1 cm³/mol. The highest BCUT2D eigenvalue weighted by atomic mass is 32.1. The SMILES string of the molecule is Cc1cc([N+](=O)[O-])ccc1N1CCCC(c2nc(C(F)(F)F)cs2)C1. The van der Waals surface area contributed by atoms with Crippen molar-refractivity contribution in [2.24, 2.45) is 0 Å². The molecule has 1 aromatic heterocycles. The molecule has 0 radical (unpaired) electrons. The van der Waals surface area contributed by atoms with Crippen LogP contribution in [0.5, 0.6) is 0 Å². The Morgan fingerprint density at radius 3 is 2.76 bits per heavy atom. The smallest absolute Gasteiger partial charge is 0.371 e. The Morgan fingerprint density at radius 2 is 2.16 bits per heavy atom. The first-order chi connectivity index (χ1) is 11.8. The summed E-state index contributed by atoms with van der Waals surface area (Å²) >= 11 is 1.04. The zero-order chi connectivity index (χ0) is 18.2. The molecule has 1 fully saturated rings. The normalized spacial score (nSPS) is 18.4. The summed E-state index contributed by atoms with van der Waals surface area (Å²) in [6.45, 7) is 3.13. The van der Waals surface area contributed by atoms with Gasteiger partial charge >= 0.3 is 6.18 Å². The van der Waals surface area contributed by atoms with Gasteiger partial charge in [0.15, 0.2) is 5.69 Å². The number of aromatic nitrogens is 1. The number of nitro benzene ring substituents is 1. The number of piperidine rings is 1. The summed E-state index contributed by atoms with van der Waals surface area (Å²) in [4.78, 5) is 16.3. The molecule has 1 unspecified atom stereocenters. The van der Waals surface area contributed by atoms with E-state index >= 15 is 0 Å². The summed E-state index contributed by atoms with van der Waals surface area (Å²) in [7, 11) is 0. The molecule has 1 aliphatic heterocycles. The van der Waals surface area contributed by atoms with Crippen molar-refractivity contribution in [1.82, 2.24) is 4.98 Å². The lowest BCUT2D eigenvalue weighted by molar-refractivity contribution is -0.384. The molecule has 5 nitrogen and oxygen atoms in total. The molecule has 134 valence electrons. The number of non-ortho nitro benzene ring substituents is 1. The number of hydrogen-bond donors (Lipinski definition) is 0. The van der Waals surface area contributed by atoms with Crippen LogP contribution in [0.1, 0.15) is 35.0 Å². The van der Waals surface area contributed by atoms with Crippen molar-refractivity contribution in [1.29, 1.82) is 0 Å². The largest absolute Gasteiger partial charge is 0.434 e. The summed E-state index contributed by atoms with van der Waals surface area (Å²) in [5.74, 6) is -0.0653. The van der Waals surface area contributed by atoms with Gasteiger partial charge in [0.2, 0.25) is 0 Å². The van der Waals surface area contributed by atoms with Crippen LogP contribution in [0, 0.1) is 17.0 Å². The van der Waals surface area contributed by atoms with Crippen molar-refractivity contribution >= 4 is 22.7 Å². The minimum Gasteiger partial charge on any atom is -0.371 e. The third-order valence-electron chi connectivity index (χ3n) is 4.31. The van der Waals surface area contributed by atoms with Gasteiger partial charge in [0, 0.05) is 42.2 Å². The number of alkyl halides is 3. The standard InChI is InChI=1S/C16H16F3N3O2S/c1-10-7-12(22(23)24)4-5-13(10)21-6-2-3-11(8-21)15-20-14(9-25-15)16(17,18)19/h4-5,7,9,11H,2-3,6,8H2,1H3. The summed E-state index contributed by atoms with van der Waals surface area (Å²) in [6, 6.07) is 4.68. The molecule has 0 aliphatic carbocycles. The Hall–Kier alpha value is -2.16. The van der Waals surface area contributed by atoms with E-state index in [1.165, 1.54) is 12.1 Å². The molecule has 2 aromatic rings. The highest BCUT2D eigenvalue weighted by Gasteiger charge is 2.35. The van der Waals surface area contributed by atoms with Crippen LogP contribution in [0.3, 0.4) is 0 Å². The van der Waals surface area contributed by atoms with Gasteiger partial charge in [0.1, 0.15) is 0 Å². The van der Waals surface area contributed by atoms with Crippen LogP contribution in [0.2, 0.25) is 0 Å². The average Bonchev–Trinajstić information content (AvgIpc) is 3.05. The van der Waals surface area contributed by atoms with Gasteiger partial charge in [-0.25, -0.2) is 4.98 Å². The third-order valence-corrected chi connectivity index (χ3v) is 5.32. The first-order valence-corrected chi connectivity index (χ1v) is 8.66. The van der Waals surface area contributed by atoms with Gasteiger partial charge in [-0.1, -0.05) is 0 Å². The predicted octanol–water partition coefficient (Wildman–Crippen LogP) is 4.76. The minimum absolute atomic E-state index is 0.0320. The summed E-state index contributed by atoms with van der Waals surface area (Å²) in [5, 5.41) is 12.4. The second-order valence-corrected chi connectivity index (χ2v) is 6.97. The van der Waals surface area contributed by atoms with Crippen LogP contribution in [0.25, 0.3) is 0 Å². The van der Waals surface area contributed by atoms with Gasteiger partial charge in [-0.3, -0.25) is 10.1 Å². The first kappa shape index (κ1) is 17.7. The van der Waals surface area contributed by atoms with E-state index in [1.807, 2.05) is 0 Å². The molecule has 0 N–H and O–H groups in total. The molecule has 1 aromatic carbocycles. The van der Waals surface area contributed by atoms with E-state index in [2.05, 4.69) is 9.88 Å². The van der Waals surface area contributed by atoms with Crippen molar-refractivity contribution < 1.29 is 18.1 Å². The van der Waals surface area contributed by atoms with E-state index < -0.39 is 16.8 Å². The van der Waals surface area contributed by atoms with E-state index in [1.54, 1.807) is 13.0 Å². The van der Waals surface area contributed by atoms with E-state index in [0.717, 1.165) is 47.4 Å². The summed E-state index contributed by atoms with van der Waals surface area (Å²) < 4.78 is 38.2. The number of nitro groups is 1. The fourth-order valence-electron chi connectivity index (χ4n) is 3.11. The van der Waals surface area contributed by atoms with Gasteiger partial charge in [-0.05, 0) is 31.4 Å². The maximum atomic E-state index is 12.7. The van der Waals surface area contributed by atoms with Gasteiger partial charge < -0.3 is 4.90 Å². The molecule has 25 heavy (non-hydrogen) atoms. The molecule has 1 saturated heterocycles. The first-order valence-electron chi connectivity index (χ1n) is 7.78. The van der Waals surface area contributed by atoms with Crippen molar-refractivity contribution in [2.45, 2.75) is 31.9 Å². The Bertz CT molecular complexity index is 791. The average molecular weight is 371 g/mol. The second kappa shape index (κ2) is 6.62. The monoisotopic (exact) mass is 371 g/mol. The lowest BCUT2D eigenvalue weighted by Crippen LogP contribution is -2.34. The Labute approximate surface area is 146 Å². The van der Waals surface area contributed by atoms with Gasteiger partial charge in [0.25, 0.3) is 5.69 Å². The second-order valence-electron chi connectivity index (χ2n) is 6.08. The number of aryl methyl sites for hydroxylation is 1. The lowest BCUT2D eigenvalue weighted by atomic mass is 9.97. The number of thiazole rings is 1. The van der Waals surface area contributed by atoms with Gasteiger partial charge in [-0.15, -0.1) is 11.3 Å². The molecule has 0 spiro atoms. The minimum atomic E-state index is -4.42. The summed E-state index contributed by atoms with van der Waals surface area (Å²) in [5.41, 5.74) is 0.855. The Balaban J connectivity index is 1.79. The van der Waals surface area contributed by atoms with Crippen LogP contribution in [-0.4, -0.2) is 23.0 Å². The number of halogens is 3. The molecule has 1 aliphatic rings. The van der Waals surface area contributed by atoms with Gasteiger partial charge in [-0.2, -0.15) is 13.2 Å². The Kier molecular flexibility index (Phi) is 4.68. The molecule has 0 saturated carbocycles. The van der Waals surface area contributed by atoms with Crippen molar-refractivity contribution in [3.05, 3.63) is 50.0 Å². The van der Waals surface area contributed by atoms with E-state index in [4.69, 9.17) is 0 Å². The molecule has 2 heterocycles. The number of hydrogen-bond acceptors (Lipinski definition) is 5. The molecule has 0 bridgehead atoms. The topological polar surface area (TPSA) is 59.3 Å². The molecule has 3 rings (SSSR count). The van der Waals surface area contributed by atoms with Crippen LogP contribution >= 0.6 is 11.3 Å². The highest BCUT2D eigenvalue weighted by molar-refractivity contribution is 7.09. The third kappa shape index (κ3) is 3.76. The lowest BCUT2D eigenvalue weighted by Gasteiger charge is -2.34. The van der Waals surface area contributed by atoms with Crippen LogP contribution in [0.4, 0.5) is 24.5 Å². The fraction of sp³-hybridized carbons (Fsp3) is 0.438. The quantitative estimate of drug-likeness (QED) is 0.576. The van der Waals surface area contributed by atoms with E-state index in [0.29, 0.717) is 11.6 Å². The number of nitrogens with zero attached hydrogens (tertiary/aromatic N) is 3. The molecular formula is C16H16F3N3O2S. The molecule has 9 heteroatoms. The van der Waals surface area contributed by atoms with Crippen LogP contribution < -0.4 is 4.90 Å². The van der Waals surface area contributed by atoms with Crippen molar-refractivity contribution in [3.8, 4) is 0 Å². The van der Waals surface area contributed by atoms with E-state index in [9.17, 15) is 23.3 Å². The zero-order valence-corrected chi connectivity index (χ0v) is 14.2. The number of benzene rings is 1. The van der Waals surface area contributed by atoms with Crippen LogP contribution in [0.15, 0.2) is 23.6 Å². The highest BCUT2D eigenvalue weighted by Crippen LogP contribution is 2.36. The molecule has 0 amide bonds. The van der Waals surface area contributed by atoms with E-state index in [-0.39, 0.29) is 11.6 Å². The molecule has 1 atom stereocenters. The van der Waals surface area contributed by atoms with Crippen molar-refractivity contribution in [2.75, 3.05) is 18.0 Å². The van der Waals surface area contributed by atoms with Crippen molar-refractivity contribution in [3.63, 3.8) is 0 Å².